The Bertz CT molecular complexity index is 675. The summed E-state index contributed by atoms with van der Waals surface area (Å²) in [7, 11) is 0. The molecule has 0 bridgehead atoms. The molecule has 1 amide bonds. The van der Waals surface area contributed by atoms with E-state index >= 15 is 0 Å². The largest absolute Gasteiger partial charge is 0.507 e. The molecule has 2 rings (SSSR count). The smallest absolute Gasteiger partial charge is 0.255 e. The van der Waals surface area contributed by atoms with E-state index in [2.05, 4.69) is 5.32 Å². The third kappa shape index (κ3) is 3.55. The van der Waals surface area contributed by atoms with Crippen LogP contribution < -0.4 is 11.1 Å². The maximum Gasteiger partial charge on any atom is 0.255 e. The summed E-state index contributed by atoms with van der Waals surface area (Å²) < 4.78 is 26.8. The van der Waals surface area contributed by atoms with Gasteiger partial charge < -0.3 is 16.2 Å². The number of phenolic OH excluding ortho intramolecular Hbond substituents is 1. The average molecular weight is 292 g/mol. The fourth-order valence-corrected chi connectivity index (χ4v) is 1.82. The standard InChI is InChI=1S/C15H14F2N2O2/c16-11-3-4-14(20)12(6-11)15(21)19-8-10-2-1-9(7-18)5-13(10)17/h1-6,20H,7-8,18H2,(H,19,21). The summed E-state index contributed by atoms with van der Waals surface area (Å²) in [5.74, 6) is -2.15. The molecule has 0 saturated heterocycles. The van der Waals surface area contributed by atoms with Crippen LogP contribution in [0.5, 0.6) is 5.75 Å². The number of amides is 1. The van der Waals surface area contributed by atoms with Gasteiger partial charge in [-0.05, 0) is 29.8 Å². The lowest BCUT2D eigenvalue weighted by atomic mass is 10.1. The zero-order chi connectivity index (χ0) is 15.4. The molecule has 2 aromatic rings. The first-order chi connectivity index (χ1) is 10.0. The highest BCUT2D eigenvalue weighted by Gasteiger charge is 2.13. The summed E-state index contributed by atoms with van der Waals surface area (Å²) >= 11 is 0. The van der Waals surface area contributed by atoms with E-state index in [1.807, 2.05) is 0 Å². The number of halogens is 2. The molecule has 0 radical (unpaired) electrons. The van der Waals surface area contributed by atoms with Crippen molar-refractivity contribution in [2.24, 2.45) is 5.73 Å². The van der Waals surface area contributed by atoms with Crippen molar-refractivity contribution in [3.05, 3.63) is 64.7 Å². The number of nitrogens with one attached hydrogen (secondary N) is 1. The number of hydrogen-bond acceptors (Lipinski definition) is 3. The number of rotatable bonds is 4. The van der Waals surface area contributed by atoms with E-state index in [-0.39, 0.29) is 30.0 Å². The van der Waals surface area contributed by atoms with Gasteiger partial charge in [-0.1, -0.05) is 12.1 Å². The predicted octanol–water partition coefficient (Wildman–Crippen LogP) is 2.06. The molecule has 0 aliphatic rings. The summed E-state index contributed by atoms with van der Waals surface area (Å²) in [5, 5.41) is 11.9. The zero-order valence-electron chi connectivity index (χ0n) is 11.1. The third-order valence-electron chi connectivity index (χ3n) is 3.00. The van der Waals surface area contributed by atoms with Crippen LogP contribution in [0.2, 0.25) is 0 Å². The van der Waals surface area contributed by atoms with E-state index in [0.717, 1.165) is 18.2 Å². The SMILES string of the molecule is NCc1ccc(CNC(=O)c2cc(F)ccc2O)c(F)c1. The van der Waals surface area contributed by atoms with Crippen LogP contribution in [0.15, 0.2) is 36.4 Å². The Hall–Kier alpha value is -2.47. The molecule has 0 unspecified atom stereocenters. The summed E-state index contributed by atoms with van der Waals surface area (Å²) in [6, 6.07) is 7.51. The average Bonchev–Trinajstić information content (AvgIpc) is 2.48. The van der Waals surface area contributed by atoms with E-state index in [4.69, 9.17) is 5.73 Å². The Morgan fingerprint density at radius 1 is 1.19 bits per heavy atom. The molecule has 0 spiro atoms. The van der Waals surface area contributed by atoms with E-state index in [0.29, 0.717) is 5.56 Å². The number of carbonyl (C=O) groups excluding carboxylic acids is 1. The molecule has 4 nitrogen and oxygen atoms in total. The lowest BCUT2D eigenvalue weighted by Crippen LogP contribution is -2.23. The van der Waals surface area contributed by atoms with Gasteiger partial charge in [-0.15, -0.1) is 0 Å². The first-order valence-electron chi connectivity index (χ1n) is 6.25. The zero-order valence-corrected chi connectivity index (χ0v) is 11.1. The second-order valence-corrected chi connectivity index (χ2v) is 4.47. The molecule has 4 N–H and O–H groups in total. The Labute approximate surface area is 120 Å². The quantitative estimate of drug-likeness (QED) is 0.807. The molecular formula is C15H14F2N2O2. The van der Waals surface area contributed by atoms with Crippen molar-refractivity contribution >= 4 is 5.91 Å². The van der Waals surface area contributed by atoms with Crippen molar-refractivity contribution in [3.8, 4) is 5.75 Å². The van der Waals surface area contributed by atoms with Crippen molar-refractivity contribution in [2.75, 3.05) is 0 Å². The number of carbonyl (C=O) groups is 1. The topological polar surface area (TPSA) is 75.3 Å². The molecule has 0 saturated carbocycles. The first-order valence-corrected chi connectivity index (χ1v) is 6.25. The molecule has 110 valence electrons. The normalized spacial score (nSPS) is 10.4. The Balaban J connectivity index is 2.09. The Kier molecular flexibility index (Phi) is 4.49. The van der Waals surface area contributed by atoms with E-state index in [9.17, 15) is 18.7 Å². The summed E-state index contributed by atoms with van der Waals surface area (Å²) in [6.45, 7) is 0.145. The molecular weight excluding hydrogens is 278 g/mol. The van der Waals surface area contributed by atoms with Crippen molar-refractivity contribution < 1.29 is 18.7 Å². The summed E-state index contributed by atoms with van der Waals surface area (Å²) in [4.78, 5) is 11.8. The van der Waals surface area contributed by atoms with Gasteiger partial charge in [0.25, 0.3) is 5.91 Å². The highest BCUT2D eigenvalue weighted by Crippen LogP contribution is 2.18. The van der Waals surface area contributed by atoms with E-state index < -0.39 is 17.5 Å². The molecule has 0 heterocycles. The van der Waals surface area contributed by atoms with Gasteiger partial charge in [0.15, 0.2) is 0 Å². The van der Waals surface area contributed by atoms with Crippen molar-refractivity contribution in [2.45, 2.75) is 13.1 Å². The van der Waals surface area contributed by atoms with Crippen LogP contribution in [0, 0.1) is 11.6 Å². The fourth-order valence-electron chi connectivity index (χ4n) is 1.82. The van der Waals surface area contributed by atoms with E-state index in [1.54, 1.807) is 6.07 Å². The lowest BCUT2D eigenvalue weighted by molar-refractivity contribution is 0.0947. The third-order valence-corrected chi connectivity index (χ3v) is 3.00. The molecule has 21 heavy (non-hydrogen) atoms. The van der Waals surface area contributed by atoms with Crippen LogP contribution in [-0.4, -0.2) is 11.0 Å². The van der Waals surface area contributed by atoms with Crippen LogP contribution in [-0.2, 0) is 13.1 Å². The predicted molar refractivity (Wildman–Crippen MR) is 73.5 cm³/mol. The van der Waals surface area contributed by atoms with Gasteiger partial charge in [0, 0.05) is 18.7 Å². The van der Waals surface area contributed by atoms with Gasteiger partial charge in [0.05, 0.1) is 5.56 Å². The molecule has 0 aliphatic carbocycles. The summed E-state index contributed by atoms with van der Waals surface area (Å²) in [6.07, 6.45) is 0. The van der Waals surface area contributed by atoms with Crippen LogP contribution in [0.1, 0.15) is 21.5 Å². The Morgan fingerprint density at radius 2 is 1.95 bits per heavy atom. The minimum atomic E-state index is -0.686. The van der Waals surface area contributed by atoms with Gasteiger partial charge in [-0.25, -0.2) is 8.78 Å². The van der Waals surface area contributed by atoms with Crippen molar-refractivity contribution in [3.63, 3.8) is 0 Å². The van der Waals surface area contributed by atoms with Crippen LogP contribution in [0.25, 0.3) is 0 Å². The van der Waals surface area contributed by atoms with Gasteiger partial charge in [0.1, 0.15) is 17.4 Å². The molecule has 0 atom stereocenters. The maximum atomic E-state index is 13.7. The number of phenols is 1. The summed E-state index contributed by atoms with van der Waals surface area (Å²) in [5.41, 5.74) is 6.12. The highest BCUT2D eigenvalue weighted by molar-refractivity contribution is 5.96. The number of hydrogen-bond donors (Lipinski definition) is 3. The Morgan fingerprint density at radius 3 is 2.62 bits per heavy atom. The molecule has 6 heteroatoms. The van der Waals surface area contributed by atoms with Crippen molar-refractivity contribution in [1.82, 2.24) is 5.32 Å². The maximum absolute atomic E-state index is 13.7. The first kappa shape index (κ1) is 14.9. The fraction of sp³-hybridized carbons (Fsp3) is 0.133. The molecule has 0 aliphatic heterocycles. The molecule has 0 fully saturated rings. The van der Waals surface area contributed by atoms with Crippen LogP contribution in [0.3, 0.4) is 0 Å². The van der Waals surface area contributed by atoms with E-state index in [1.165, 1.54) is 12.1 Å². The lowest BCUT2D eigenvalue weighted by Gasteiger charge is -2.08. The number of benzene rings is 2. The van der Waals surface area contributed by atoms with Crippen molar-refractivity contribution in [1.29, 1.82) is 0 Å². The second-order valence-electron chi connectivity index (χ2n) is 4.47. The molecule has 0 aromatic heterocycles. The highest BCUT2D eigenvalue weighted by atomic mass is 19.1. The number of nitrogens with two attached hydrogens (primary N) is 1. The van der Waals surface area contributed by atoms with Crippen LogP contribution in [0.4, 0.5) is 8.78 Å². The minimum absolute atomic E-state index is 0.0779. The number of aromatic hydroxyl groups is 1. The minimum Gasteiger partial charge on any atom is -0.507 e. The molecule has 2 aromatic carbocycles. The van der Waals surface area contributed by atoms with Gasteiger partial charge in [-0.2, -0.15) is 0 Å². The second kappa shape index (κ2) is 6.32. The van der Waals surface area contributed by atoms with Gasteiger partial charge in [0.2, 0.25) is 0 Å². The van der Waals surface area contributed by atoms with Gasteiger partial charge in [-0.3, -0.25) is 4.79 Å². The van der Waals surface area contributed by atoms with Crippen LogP contribution >= 0.6 is 0 Å². The monoisotopic (exact) mass is 292 g/mol. The van der Waals surface area contributed by atoms with Gasteiger partial charge >= 0.3 is 0 Å².